The number of hydrogen-bond donors (Lipinski definition) is 2. The number of carbonyl (C=O) groups excluding carboxylic acids is 3. The van der Waals surface area contributed by atoms with E-state index in [0.29, 0.717) is 29.4 Å². The van der Waals surface area contributed by atoms with Gasteiger partial charge in [-0.15, -0.1) is 0 Å². The molecule has 1 saturated heterocycles. The number of fused-ring (bicyclic) bond motifs is 1. The third-order valence-corrected chi connectivity index (χ3v) is 8.00. The van der Waals surface area contributed by atoms with Gasteiger partial charge in [0.15, 0.2) is 10.8 Å². The van der Waals surface area contributed by atoms with Gasteiger partial charge in [0.05, 0.1) is 18.2 Å². The van der Waals surface area contributed by atoms with E-state index in [1.807, 2.05) is 13.8 Å². The van der Waals surface area contributed by atoms with Crippen LogP contribution < -0.4 is 10.6 Å². The van der Waals surface area contributed by atoms with Crippen molar-refractivity contribution in [3.63, 3.8) is 0 Å². The molecular weight excluding hydrogens is 496 g/mol. The molecule has 11 heteroatoms. The van der Waals surface area contributed by atoms with E-state index in [0.717, 1.165) is 4.31 Å². The highest BCUT2D eigenvalue weighted by Crippen LogP contribution is 2.21. The van der Waals surface area contributed by atoms with Crippen LogP contribution in [0, 0.1) is 5.92 Å². The number of pyridine rings is 1. The van der Waals surface area contributed by atoms with Gasteiger partial charge in [-0.3, -0.25) is 14.4 Å². The van der Waals surface area contributed by atoms with Crippen molar-refractivity contribution in [3.8, 4) is 0 Å². The van der Waals surface area contributed by atoms with E-state index in [4.69, 9.17) is 4.42 Å². The maximum absolute atomic E-state index is 13.2. The number of rotatable bonds is 8. The molecule has 0 aliphatic carbocycles. The summed E-state index contributed by atoms with van der Waals surface area (Å²) in [7, 11) is -3.94. The highest BCUT2D eigenvalue weighted by Gasteiger charge is 2.35. The Labute approximate surface area is 215 Å². The van der Waals surface area contributed by atoms with E-state index in [2.05, 4.69) is 15.6 Å². The lowest BCUT2D eigenvalue weighted by molar-refractivity contribution is -0.129. The lowest BCUT2D eigenvalue weighted by Crippen LogP contribution is -2.52. The standard InChI is InChI=1S/C26H30N4O6S/c1-17(2)14-21(29-25(32)19-16-36-23-10-4-3-8-18(19)23)26(33)28-20-9-7-13-30(15-22(20)31)37(34,35)24-11-5-6-12-27-24/h3-6,8,10-12,16-17,20-21H,7,9,13-15H2,1-2H3,(H,28,33)(H,29,32)/t20-,21-/m0/s1. The molecule has 0 unspecified atom stereocenters. The Balaban J connectivity index is 1.45. The van der Waals surface area contributed by atoms with Crippen molar-refractivity contribution in [2.45, 2.75) is 50.2 Å². The van der Waals surface area contributed by atoms with Gasteiger partial charge in [-0.1, -0.05) is 38.1 Å². The third kappa shape index (κ3) is 6.05. The highest BCUT2D eigenvalue weighted by atomic mass is 32.2. The second-order valence-electron chi connectivity index (χ2n) is 9.48. The van der Waals surface area contributed by atoms with Crippen LogP contribution in [0.5, 0.6) is 0 Å². The summed E-state index contributed by atoms with van der Waals surface area (Å²) in [4.78, 5) is 43.2. The largest absolute Gasteiger partial charge is 0.463 e. The number of sulfonamides is 1. The number of hydrogen-bond acceptors (Lipinski definition) is 7. The van der Waals surface area contributed by atoms with Crippen LogP contribution in [0.15, 0.2) is 64.4 Å². The van der Waals surface area contributed by atoms with Gasteiger partial charge in [0.2, 0.25) is 5.91 Å². The van der Waals surface area contributed by atoms with Crippen molar-refractivity contribution >= 4 is 38.6 Å². The van der Waals surface area contributed by atoms with Crippen LogP contribution in [-0.2, 0) is 19.6 Å². The maximum atomic E-state index is 13.2. The Morgan fingerprint density at radius 1 is 1.16 bits per heavy atom. The lowest BCUT2D eigenvalue weighted by Gasteiger charge is -2.23. The Hall–Kier alpha value is -3.57. The second kappa shape index (κ2) is 11.2. The predicted molar refractivity (Wildman–Crippen MR) is 136 cm³/mol. The van der Waals surface area contributed by atoms with E-state index in [9.17, 15) is 22.8 Å². The van der Waals surface area contributed by atoms with Crippen molar-refractivity contribution in [3.05, 3.63) is 60.5 Å². The molecule has 4 rings (SSSR count). The minimum absolute atomic E-state index is 0.0842. The van der Waals surface area contributed by atoms with Crippen LogP contribution in [0.25, 0.3) is 11.0 Å². The molecule has 3 aromatic rings. The van der Waals surface area contributed by atoms with Crippen LogP contribution in [0.3, 0.4) is 0 Å². The molecule has 37 heavy (non-hydrogen) atoms. The Morgan fingerprint density at radius 3 is 2.65 bits per heavy atom. The number of amides is 2. The van der Waals surface area contributed by atoms with E-state index >= 15 is 0 Å². The Morgan fingerprint density at radius 2 is 1.92 bits per heavy atom. The molecule has 0 saturated carbocycles. The molecule has 1 aromatic carbocycles. The number of ketones is 1. The number of carbonyl (C=O) groups is 3. The van der Waals surface area contributed by atoms with E-state index in [1.54, 1.807) is 36.4 Å². The van der Waals surface area contributed by atoms with Gasteiger partial charge in [0, 0.05) is 18.1 Å². The molecular formula is C26H30N4O6S. The molecule has 10 nitrogen and oxygen atoms in total. The molecule has 2 N–H and O–H groups in total. The normalized spacial score (nSPS) is 17.9. The number of furan rings is 1. The van der Waals surface area contributed by atoms with Crippen molar-refractivity contribution < 1.29 is 27.2 Å². The van der Waals surface area contributed by atoms with Gasteiger partial charge >= 0.3 is 0 Å². The van der Waals surface area contributed by atoms with E-state index < -0.39 is 39.7 Å². The van der Waals surface area contributed by atoms with Gasteiger partial charge in [-0.25, -0.2) is 13.4 Å². The Bertz CT molecular complexity index is 1390. The molecule has 2 amide bonds. The SMILES string of the molecule is CC(C)C[C@H](NC(=O)c1coc2ccccc12)C(=O)N[C@H]1CCCN(S(=O)(=O)c2ccccn2)CC1=O. The van der Waals surface area contributed by atoms with Gasteiger partial charge in [0.25, 0.3) is 15.9 Å². The highest BCUT2D eigenvalue weighted by molar-refractivity contribution is 7.89. The van der Waals surface area contributed by atoms with Crippen molar-refractivity contribution in [2.24, 2.45) is 5.92 Å². The zero-order valence-corrected chi connectivity index (χ0v) is 21.5. The van der Waals surface area contributed by atoms with Gasteiger partial charge in [-0.05, 0) is 43.4 Å². The summed E-state index contributed by atoms with van der Waals surface area (Å²) < 4.78 is 32.4. The average Bonchev–Trinajstić information content (AvgIpc) is 3.22. The summed E-state index contributed by atoms with van der Waals surface area (Å²) in [5.74, 6) is -1.28. The lowest BCUT2D eigenvalue weighted by atomic mass is 10.0. The molecule has 0 bridgehead atoms. The first-order valence-corrected chi connectivity index (χ1v) is 13.6. The Kier molecular flexibility index (Phi) is 8.03. The maximum Gasteiger partial charge on any atom is 0.260 e. The van der Waals surface area contributed by atoms with Gasteiger partial charge in [0.1, 0.15) is 17.9 Å². The minimum atomic E-state index is -3.94. The second-order valence-corrected chi connectivity index (χ2v) is 11.4. The number of aromatic nitrogens is 1. The monoisotopic (exact) mass is 526 g/mol. The van der Waals surface area contributed by atoms with Crippen LogP contribution >= 0.6 is 0 Å². The number of nitrogens with one attached hydrogen (secondary N) is 2. The topological polar surface area (TPSA) is 139 Å². The van der Waals surface area contributed by atoms with Crippen LogP contribution in [-0.4, -0.2) is 60.5 Å². The molecule has 0 radical (unpaired) electrons. The first-order valence-electron chi connectivity index (χ1n) is 12.2. The predicted octanol–water partition coefficient (Wildman–Crippen LogP) is 2.51. The summed E-state index contributed by atoms with van der Waals surface area (Å²) >= 11 is 0. The molecule has 2 atom stereocenters. The van der Waals surface area contributed by atoms with Crippen LogP contribution in [0.1, 0.15) is 43.5 Å². The molecule has 196 valence electrons. The number of para-hydroxylation sites is 1. The summed E-state index contributed by atoms with van der Waals surface area (Å²) in [5, 5.41) is 6.04. The molecule has 1 aliphatic heterocycles. The van der Waals surface area contributed by atoms with Gasteiger partial charge < -0.3 is 15.1 Å². The zero-order chi connectivity index (χ0) is 26.6. The van der Waals surface area contributed by atoms with Crippen LogP contribution in [0.2, 0.25) is 0 Å². The summed E-state index contributed by atoms with van der Waals surface area (Å²) in [6.45, 7) is 3.62. The molecule has 0 spiro atoms. The third-order valence-electron chi connectivity index (χ3n) is 6.23. The number of benzene rings is 1. The summed E-state index contributed by atoms with van der Waals surface area (Å²) in [6.07, 6.45) is 3.76. The quantitative estimate of drug-likeness (QED) is 0.460. The zero-order valence-electron chi connectivity index (χ0n) is 20.7. The molecule has 1 fully saturated rings. The smallest absolute Gasteiger partial charge is 0.260 e. The average molecular weight is 527 g/mol. The van der Waals surface area contributed by atoms with Gasteiger partial charge in [-0.2, -0.15) is 4.31 Å². The van der Waals surface area contributed by atoms with Crippen LogP contribution in [0.4, 0.5) is 0 Å². The van der Waals surface area contributed by atoms with Crippen molar-refractivity contribution in [1.82, 2.24) is 19.9 Å². The molecule has 3 heterocycles. The first-order chi connectivity index (χ1) is 17.7. The number of nitrogens with zero attached hydrogens (tertiary/aromatic N) is 2. The summed E-state index contributed by atoms with van der Waals surface area (Å²) in [6, 6.07) is 9.92. The van der Waals surface area contributed by atoms with E-state index in [-0.39, 0.29) is 30.5 Å². The molecule has 2 aromatic heterocycles. The van der Waals surface area contributed by atoms with Crippen molar-refractivity contribution in [1.29, 1.82) is 0 Å². The summed E-state index contributed by atoms with van der Waals surface area (Å²) in [5.41, 5.74) is 0.879. The minimum Gasteiger partial charge on any atom is -0.463 e. The number of Topliss-reactive ketones (excluding diaryl/α,β-unsaturated/α-hetero) is 1. The fourth-order valence-corrected chi connectivity index (χ4v) is 5.73. The fourth-order valence-electron chi connectivity index (χ4n) is 4.35. The fraction of sp³-hybridized carbons (Fsp3) is 0.385. The first kappa shape index (κ1) is 26.5. The molecule has 1 aliphatic rings. The van der Waals surface area contributed by atoms with Crippen molar-refractivity contribution in [2.75, 3.05) is 13.1 Å². The van der Waals surface area contributed by atoms with E-state index in [1.165, 1.54) is 18.5 Å².